The summed E-state index contributed by atoms with van der Waals surface area (Å²) in [6, 6.07) is 0. The van der Waals surface area contributed by atoms with Crippen LogP contribution in [-0.4, -0.2) is 152 Å². The van der Waals surface area contributed by atoms with Crippen LogP contribution >= 0.6 is 0 Å². The molecule has 40 heavy (non-hydrogen) atoms. The number of likely N-dealkylation sites (N-methyl/N-ethyl adjacent to an activating group) is 1. The summed E-state index contributed by atoms with van der Waals surface area (Å²) < 4.78 is 0. The van der Waals surface area contributed by atoms with E-state index in [1.165, 1.54) is 0 Å². The van der Waals surface area contributed by atoms with E-state index in [1.54, 1.807) is 0 Å². The molecule has 0 unspecified atom stereocenters. The molecule has 14 heteroatoms. The quantitative estimate of drug-likeness (QED) is 0.140. The van der Waals surface area contributed by atoms with Gasteiger partial charge in [-0.05, 0) is 38.4 Å². The van der Waals surface area contributed by atoms with Gasteiger partial charge in [0.15, 0.2) is 0 Å². The maximum atomic E-state index is 12.3. The predicted molar refractivity (Wildman–Crippen MR) is 149 cm³/mol. The Balaban J connectivity index is 1.63. The second-order valence-corrected chi connectivity index (χ2v) is 10.6. The van der Waals surface area contributed by atoms with Crippen molar-refractivity contribution in [2.24, 2.45) is 11.7 Å². The molecule has 0 aromatic rings. The zero-order valence-corrected chi connectivity index (χ0v) is 23.9. The number of piperidine rings is 1. The number of likely N-dealkylation sites (tertiary alicyclic amines) is 1. The molecular weight excluding hydrogens is 520 g/mol. The molecule has 2 aliphatic rings. The summed E-state index contributed by atoms with van der Waals surface area (Å²) in [6.45, 7) is 11.4. The minimum atomic E-state index is -0.787. The number of rotatable bonds is 15. The molecule has 2 rings (SSSR count). The van der Waals surface area contributed by atoms with Gasteiger partial charge >= 0.3 is 5.97 Å². The van der Waals surface area contributed by atoms with Crippen molar-refractivity contribution in [1.29, 1.82) is 0 Å². The van der Waals surface area contributed by atoms with Gasteiger partial charge in [-0.2, -0.15) is 0 Å². The van der Waals surface area contributed by atoms with Crippen molar-refractivity contribution in [3.8, 4) is 0 Å². The van der Waals surface area contributed by atoms with Crippen LogP contribution < -0.4 is 21.7 Å². The van der Waals surface area contributed by atoms with Crippen molar-refractivity contribution in [2.75, 3.05) is 98.2 Å². The normalized spacial score (nSPS) is 18.7. The number of carbonyl (C=O) groups is 5. The van der Waals surface area contributed by atoms with E-state index in [0.717, 1.165) is 78.3 Å². The van der Waals surface area contributed by atoms with Crippen LogP contribution in [0.2, 0.25) is 0 Å². The second-order valence-electron chi connectivity index (χ2n) is 10.6. The lowest BCUT2D eigenvalue weighted by molar-refractivity contribution is -0.138. The number of amides is 4. The van der Waals surface area contributed by atoms with Gasteiger partial charge in [-0.25, -0.2) is 0 Å². The van der Waals surface area contributed by atoms with Crippen molar-refractivity contribution in [3.63, 3.8) is 0 Å². The van der Waals surface area contributed by atoms with Crippen molar-refractivity contribution < 1.29 is 29.1 Å². The summed E-state index contributed by atoms with van der Waals surface area (Å²) in [5, 5.41) is 17.0. The highest BCUT2D eigenvalue weighted by atomic mass is 16.4. The Morgan fingerprint density at radius 2 is 1.25 bits per heavy atom. The molecule has 0 aromatic heterocycles. The molecule has 2 aliphatic heterocycles. The molecular formula is C26H48N8O6. The van der Waals surface area contributed by atoms with Gasteiger partial charge in [0.05, 0.1) is 19.6 Å². The van der Waals surface area contributed by atoms with E-state index < -0.39 is 11.9 Å². The molecule has 228 valence electrons. The van der Waals surface area contributed by atoms with Gasteiger partial charge in [0, 0.05) is 71.7 Å². The average molecular weight is 569 g/mol. The Bertz CT molecular complexity index is 836. The van der Waals surface area contributed by atoms with Crippen LogP contribution in [0.3, 0.4) is 0 Å². The van der Waals surface area contributed by atoms with Gasteiger partial charge in [0.1, 0.15) is 0 Å². The minimum absolute atomic E-state index is 0.0627. The maximum Gasteiger partial charge on any atom is 0.317 e. The van der Waals surface area contributed by atoms with Crippen LogP contribution in [0, 0.1) is 5.92 Å². The standard InChI is InChI=1S/C26H48N8O6/c1-2-31-11-13-33(15-16-34(14-12-31)20-26(39)40)18-21-5-9-32(10-6-21)19-25(38)30-17-24(37)29-8-4-23(36)28-7-3-22(27)35/h21H,2-20H2,1H3,(H2,27,35)(H,28,36)(H,29,37)(H,30,38)(H,39,40). The Labute approximate surface area is 236 Å². The molecule has 6 N–H and O–H groups in total. The highest BCUT2D eigenvalue weighted by Crippen LogP contribution is 2.18. The van der Waals surface area contributed by atoms with Crippen molar-refractivity contribution in [2.45, 2.75) is 32.6 Å². The minimum Gasteiger partial charge on any atom is -0.480 e. The number of carboxylic acid groups (broad SMARTS) is 1. The molecule has 2 heterocycles. The van der Waals surface area contributed by atoms with Gasteiger partial charge in [-0.15, -0.1) is 0 Å². The van der Waals surface area contributed by atoms with E-state index in [2.05, 4.69) is 37.6 Å². The third kappa shape index (κ3) is 14.5. The van der Waals surface area contributed by atoms with Gasteiger partial charge in [-0.3, -0.25) is 33.8 Å². The number of nitrogens with one attached hydrogen (secondary N) is 3. The Morgan fingerprint density at radius 3 is 1.85 bits per heavy atom. The first kappa shape index (κ1) is 33.4. The lowest BCUT2D eigenvalue weighted by Crippen LogP contribution is -2.46. The third-order valence-electron chi connectivity index (χ3n) is 7.41. The van der Waals surface area contributed by atoms with E-state index in [1.807, 2.05) is 4.90 Å². The molecule has 0 bridgehead atoms. The van der Waals surface area contributed by atoms with Crippen LogP contribution in [0.5, 0.6) is 0 Å². The van der Waals surface area contributed by atoms with E-state index in [4.69, 9.17) is 5.73 Å². The molecule has 0 radical (unpaired) electrons. The third-order valence-corrected chi connectivity index (χ3v) is 7.41. The van der Waals surface area contributed by atoms with Crippen LogP contribution in [0.25, 0.3) is 0 Å². The van der Waals surface area contributed by atoms with Crippen molar-refractivity contribution >= 4 is 29.6 Å². The molecule has 0 aromatic carbocycles. The number of carboxylic acids is 1. The van der Waals surface area contributed by atoms with Crippen molar-refractivity contribution in [3.05, 3.63) is 0 Å². The number of hydrogen-bond acceptors (Lipinski definition) is 9. The number of aliphatic carboxylic acids is 1. The molecule has 4 amide bonds. The summed E-state index contributed by atoms with van der Waals surface area (Å²) >= 11 is 0. The smallest absolute Gasteiger partial charge is 0.317 e. The second kappa shape index (κ2) is 18.5. The van der Waals surface area contributed by atoms with Gasteiger partial charge in [0.25, 0.3) is 0 Å². The number of carbonyl (C=O) groups excluding carboxylic acids is 4. The summed E-state index contributed by atoms with van der Waals surface area (Å²) in [5.74, 6) is -1.63. The van der Waals surface area contributed by atoms with E-state index in [0.29, 0.717) is 5.92 Å². The number of nitrogens with two attached hydrogens (primary N) is 1. The summed E-state index contributed by atoms with van der Waals surface area (Å²) in [4.78, 5) is 66.8. The molecule has 0 atom stereocenters. The fourth-order valence-corrected chi connectivity index (χ4v) is 4.95. The summed E-state index contributed by atoms with van der Waals surface area (Å²) in [7, 11) is 0. The number of hydrogen-bond donors (Lipinski definition) is 5. The number of primary amides is 1. The zero-order valence-electron chi connectivity index (χ0n) is 23.9. The van der Waals surface area contributed by atoms with E-state index >= 15 is 0 Å². The lowest BCUT2D eigenvalue weighted by atomic mass is 9.96. The van der Waals surface area contributed by atoms with Crippen molar-refractivity contribution in [1.82, 2.24) is 35.6 Å². The van der Waals surface area contributed by atoms with E-state index in [9.17, 15) is 29.1 Å². The Hall–Kier alpha value is -2.81. The predicted octanol–water partition coefficient (Wildman–Crippen LogP) is -2.66. The average Bonchev–Trinajstić information content (AvgIpc) is 2.99. The van der Waals surface area contributed by atoms with Gasteiger partial charge in [0.2, 0.25) is 23.6 Å². The summed E-state index contributed by atoms with van der Waals surface area (Å²) in [5.41, 5.74) is 5.01. The fourth-order valence-electron chi connectivity index (χ4n) is 4.95. The molecule has 2 saturated heterocycles. The first-order valence-electron chi connectivity index (χ1n) is 14.3. The van der Waals surface area contributed by atoms with Gasteiger partial charge in [-0.1, -0.05) is 6.92 Å². The van der Waals surface area contributed by atoms with Crippen LogP contribution in [0.4, 0.5) is 0 Å². The first-order valence-corrected chi connectivity index (χ1v) is 14.3. The molecule has 0 aliphatic carbocycles. The monoisotopic (exact) mass is 568 g/mol. The number of nitrogens with zero attached hydrogens (tertiary/aromatic N) is 4. The molecule has 14 nitrogen and oxygen atoms in total. The molecule has 0 spiro atoms. The zero-order chi connectivity index (χ0) is 29.3. The highest BCUT2D eigenvalue weighted by Gasteiger charge is 2.24. The molecule has 2 fully saturated rings. The van der Waals surface area contributed by atoms with E-state index in [-0.39, 0.29) is 63.3 Å². The Morgan fingerprint density at radius 1 is 0.700 bits per heavy atom. The topological polar surface area (TPSA) is 181 Å². The van der Waals surface area contributed by atoms with Crippen LogP contribution in [0.15, 0.2) is 0 Å². The summed E-state index contributed by atoms with van der Waals surface area (Å²) in [6.07, 6.45) is 2.11. The van der Waals surface area contributed by atoms with Crippen LogP contribution in [0.1, 0.15) is 32.6 Å². The fraction of sp³-hybridized carbons (Fsp3) is 0.808. The Kier molecular flexibility index (Phi) is 15.5. The van der Waals surface area contributed by atoms with Gasteiger partial charge < -0.3 is 36.6 Å². The largest absolute Gasteiger partial charge is 0.480 e. The highest BCUT2D eigenvalue weighted by molar-refractivity contribution is 5.86. The first-order chi connectivity index (χ1) is 19.1. The lowest BCUT2D eigenvalue weighted by Gasteiger charge is -2.35. The molecule has 0 saturated carbocycles. The maximum absolute atomic E-state index is 12.3. The SMILES string of the molecule is CCN1CCN(CC(=O)O)CCN(CC2CCN(CC(=O)NCC(=O)NCCC(=O)NCCC(N)=O)CC2)CC1. The van der Waals surface area contributed by atoms with Crippen LogP contribution in [-0.2, 0) is 24.0 Å².